The molecule has 49 heavy (non-hydrogen) atoms. The zero-order chi connectivity index (χ0) is 35.9. The number of para-hydroxylation sites is 2. The van der Waals surface area contributed by atoms with Crippen molar-refractivity contribution in [2.45, 2.75) is 182 Å². The second-order valence-corrected chi connectivity index (χ2v) is 13.7. The van der Waals surface area contributed by atoms with E-state index in [0.717, 1.165) is 37.3 Å². The van der Waals surface area contributed by atoms with Crippen LogP contribution in [0.25, 0.3) is 0 Å². The second-order valence-electron chi connectivity index (χ2n) is 13.7. The maximum absolute atomic E-state index is 9.64. The van der Waals surface area contributed by atoms with Crippen molar-refractivity contribution in [1.29, 1.82) is 0 Å². The minimum atomic E-state index is 0.335. The molecule has 0 fully saturated rings. The number of nitrogens with one attached hydrogen (secondary N) is 3. The van der Waals surface area contributed by atoms with Crippen molar-refractivity contribution in [3.63, 3.8) is 0 Å². The van der Waals surface area contributed by atoms with Gasteiger partial charge in [-0.15, -0.1) is 0 Å². The van der Waals surface area contributed by atoms with Crippen molar-refractivity contribution in [3.8, 4) is 11.5 Å². The standard InChI is InChI=1S/C18H25N3O2.2C13H28/c22-17-7-3-1-5-15(17)13-20-11-9-19-10-12-21-14-16-6-2-4-8-18(16)23;2*1-3-5-7-9-11-13-12-10-8-6-4-2/h1-8,19-23H,9-14H2;2*3-13H2,1-2H3. The van der Waals surface area contributed by atoms with Crippen molar-refractivity contribution in [3.05, 3.63) is 59.7 Å². The topological polar surface area (TPSA) is 76.5 Å². The quantitative estimate of drug-likeness (QED) is 0.0530. The van der Waals surface area contributed by atoms with Crippen molar-refractivity contribution in [2.75, 3.05) is 26.2 Å². The Bertz CT molecular complexity index is 829. The molecule has 0 aliphatic rings. The molecule has 0 radical (unpaired) electrons. The Morgan fingerprint density at radius 2 is 0.592 bits per heavy atom. The third kappa shape index (κ3) is 32.9. The van der Waals surface area contributed by atoms with Crippen molar-refractivity contribution >= 4 is 0 Å². The molecule has 5 N–H and O–H groups in total. The molecule has 5 nitrogen and oxygen atoms in total. The van der Waals surface area contributed by atoms with Crippen LogP contribution in [0.4, 0.5) is 0 Å². The first kappa shape index (κ1) is 46.9. The van der Waals surface area contributed by atoms with Crippen LogP contribution in [-0.2, 0) is 13.1 Å². The maximum atomic E-state index is 9.64. The molecule has 0 saturated carbocycles. The summed E-state index contributed by atoms with van der Waals surface area (Å²) in [5.41, 5.74) is 1.83. The molecule has 284 valence electrons. The first-order chi connectivity index (χ1) is 24.1. The van der Waals surface area contributed by atoms with Crippen LogP contribution < -0.4 is 16.0 Å². The fourth-order valence-corrected chi connectivity index (χ4v) is 5.72. The van der Waals surface area contributed by atoms with E-state index >= 15 is 0 Å². The van der Waals surface area contributed by atoms with E-state index in [-0.39, 0.29) is 0 Å². The predicted molar refractivity (Wildman–Crippen MR) is 217 cm³/mol. The van der Waals surface area contributed by atoms with Gasteiger partial charge in [-0.1, -0.05) is 205 Å². The lowest BCUT2D eigenvalue weighted by Crippen LogP contribution is -2.32. The Balaban J connectivity index is 0.000000763. The summed E-state index contributed by atoms with van der Waals surface area (Å²) in [6, 6.07) is 14.7. The van der Waals surface area contributed by atoms with Gasteiger partial charge in [-0.25, -0.2) is 0 Å². The highest BCUT2D eigenvalue weighted by Gasteiger charge is 1.99. The van der Waals surface area contributed by atoms with Crippen molar-refractivity contribution < 1.29 is 10.2 Å². The molecule has 0 bridgehead atoms. The van der Waals surface area contributed by atoms with Crippen molar-refractivity contribution in [1.82, 2.24) is 16.0 Å². The number of hydrogen-bond acceptors (Lipinski definition) is 5. The molecule has 0 unspecified atom stereocenters. The van der Waals surface area contributed by atoms with Gasteiger partial charge in [0, 0.05) is 50.4 Å². The Kier molecular flexibility index (Phi) is 37.1. The number of phenols is 2. The summed E-state index contributed by atoms with van der Waals surface area (Å²) < 4.78 is 0. The molecule has 0 aliphatic heterocycles. The molecule has 0 spiro atoms. The highest BCUT2D eigenvalue weighted by Crippen LogP contribution is 2.16. The van der Waals surface area contributed by atoms with Crippen LogP contribution in [0.3, 0.4) is 0 Å². The zero-order valence-corrected chi connectivity index (χ0v) is 32.8. The molecule has 0 aromatic heterocycles. The van der Waals surface area contributed by atoms with Crippen LogP contribution in [0, 0.1) is 0 Å². The van der Waals surface area contributed by atoms with E-state index in [9.17, 15) is 10.2 Å². The summed E-state index contributed by atoms with van der Waals surface area (Å²) in [6.45, 7) is 13.9. The van der Waals surface area contributed by atoms with Gasteiger partial charge in [0.05, 0.1) is 0 Å². The van der Waals surface area contributed by atoms with Crippen LogP contribution in [0.15, 0.2) is 48.5 Å². The van der Waals surface area contributed by atoms with Crippen LogP contribution in [0.5, 0.6) is 11.5 Å². The first-order valence-corrected chi connectivity index (χ1v) is 20.8. The van der Waals surface area contributed by atoms with Crippen LogP contribution >= 0.6 is 0 Å². The van der Waals surface area contributed by atoms with E-state index < -0.39 is 0 Å². The van der Waals surface area contributed by atoms with E-state index in [1.807, 2.05) is 36.4 Å². The number of unbranched alkanes of at least 4 members (excludes halogenated alkanes) is 20. The van der Waals surface area contributed by atoms with Gasteiger partial charge in [0.15, 0.2) is 0 Å². The zero-order valence-electron chi connectivity index (χ0n) is 32.8. The SMILES string of the molecule is CCCCCCCCCCCCC.CCCCCCCCCCCCC.Oc1ccccc1CNCCNCCNCc1ccccc1O. The Morgan fingerprint density at radius 1 is 0.347 bits per heavy atom. The van der Waals surface area contributed by atoms with Gasteiger partial charge in [0.1, 0.15) is 11.5 Å². The lowest BCUT2D eigenvalue weighted by atomic mass is 10.1. The maximum Gasteiger partial charge on any atom is 0.120 e. The third-order valence-corrected chi connectivity index (χ3v) is 8.99. The average molecular weight is 684 g/mol. The summed E-state index contributed by atoms with van der Waals surface area (Å²) in [4.78, 5) is 0. The number of aromatic hydroxyl groups is 2. The van der Waals surface area contributed by atoms with Crippen LogP contribution in [0.2, 0.25) is 0 Å². The van der Waals surface area contributed by atoms with Gasteiger partial charge in [0.2, 0.25) is 0 Å². The summed E-state index contributed by atoms with van der Waals surface area (Å²) in [5.74, 6) is 0.669. The summed E-state index contributed by atoms with van der Waals surface area (Å²) in [6.07, 6.45) is 31.9. The van der Waals surface area contributed by atoms with E-state index in [4.69, 9.17) is 0 Å². The van der Waals surface area contributed by atoms with E-state index in [2.05, 4.69) is 43.6 Å². The molecule has 0 aliphatic carbocycles. The highest BCUT2D eigenvalue weighted by molar-refractivity contribution is 5.32. The molecule has 0 atom stereocenters. The van der Waals surface area contributed by atoms with E-state index in [1.54, 1.807) is 12.1 Å². The Labute approximate surface area is 304 Å². The smallest absolute Gasteiger partial charge is 0.120 e. The Morgan fingerprint density at radius 3 is 0.857 bits per heavy atom. The molecule has 0 amide bonds. The lowest BCUT2D eigenvalue weighted by molar-refractivity contribution is 0.463. The van der Waals surface area contributed by atoms with E-state index in [1.165, 1.54) is 141 Å². The molecule has 0 saturated heterocycles. The molecule has 5 heteroatoms. The summed E-state index contributed by atoms with van der Waals surface area (Å²) in [7, 11) is 0. The fourth-order valence-electron chi connectivity index (χ4n) is 5.72. The average Bonchev–Trinajstić information content (AvgIpc) is 3.11. The third-order valence-electron chi connectivity index (χ3n) is 8.99. The minimum absolute atomic E-state index is 0.335. The first-order valence-electron chi connectivity index (χ1n) is 20.8. The molecule has 2 aromatic carbocycles. The number of phenolic OH excluding ortho intramolecular Hbond substituents is 2. The summed E-state index contributed by atoms with van der Waals surface area (Å²) >= 11 is 0. The minimum Gasteiger partial charge on any atom is -0.508 e. The molecule has 2 aromatic rings. The second kappa shape index (κ2) is 38.7. The molecular formula is C44H81N3O2. The Hall–Kier alpha value is -2.08. The van der Waals surface area contributed by atoms with Crippen LogP contribution in [-0.4, -0.2) is 36.4 Å². The lowest BCUT2D eigenvalue weighted by Gasteiger charge is -2.09. The van der Waals surface area contributed by atoms with Crippen LogP contribution in [0.1, 0.15) is 180 Å². The molecule has 0 heterocycles. The highest BCUT2D eigenvalue weighted by atomic mass is 16.3. The van der Waals surface area contributed by atoms with E-state index in [0.29, 0.717) is 24.6 Å². The van der Waals surface area contributed by atoms with Crippen molar-refractivity contribution in [2.24, 2.45) is 0 Å². The normalized spacial score (nSPS) is 10.7. The number of rotatable bonds is 30. The summed E-state index contributed by atoms with van der Waals surface area (Å²) in [5, 5.41) is 29.2. The van der Waals surface area contributed by atoms with Gasteiger partial charge in [-0.2, -0.15) is 0 Å². The van der Waals surface area contributed by atoms with Gasteiger partial charge in [-0.05, 0) is 12.1 Å². The van der Waals surface area contributed by atoms with Gasteiger partial charge >= 0.3 is 0 Å². The molecule has 2 rings (SSSR count). The number of benzene rings is 2. The number of hydrogen-bond donors (Lipinski definition) is 5. The largest absolute Gasteiger partial charge is 0.508 e. The molecular weight excluding hydrogens is 603 g/mol. The van der Waals surface area contributed by atoms with Gasteiger partial charge in [0.25, 0.3) is 0 Å². The monoisotopic (exact) mass is 684 g/mol. The van der Waals surface area contributed by atoms with Gasteiger partial charge < -0.3 is 26.2 Å². The predicted octanol–water partition coefficient (Wildman–Crippen LogP) is 12.2. The van der Waals surface area contributed by atoms with Gasteiger partial charge in [-0.3, -0.25) is 0 Å². The fraction of sp³-hybridized carbons (Fsp3) is 0.727.